The molecule has 1 aromatic carbocycles. The van der Waals surface area contributed by atoms with Crippen molar-refractivity contribution in [2.75, 3.05) is 0 Å². The molecular formula is C18H23NOS. The fourth-order valence-electron chi connectivity index (χ4n) is 3.43. The maximum Gasteiger partial charge on any atom is 0.115 e. The quantitative estimate of drug-likeness (QED) is 0.853. The summed E-state index contributed by atoms with van der Waals surface area (Å²) in [6.07, 6.45) is 3.48. The van der Waals surface area contributed by atoms with Gasteiger partial charge >= 0.3 is 0 Å². The van der Waals surface area contributed by atoms with Crippen LogP contribution >= 0.6 is 11.3 Å². The number of rotatable bonds is 3. The first-order chi connectivity index (χ1) is 10.0. The van der Waals surface area contributed by atoms with Crippen LogP contribution in [-0.2, 0) is 6.42 Å². The minimum Gasteiger partial charge on any atom is -0.508 e. The zero-order chi connectivity index (χ0) is 15.0. The highest BCUT2D eigenvalue weighted by atomic mass is 32.1. The number of phenols is 1. The SMILES string of the molecule is Cc1cc(C(C)NC2CCCc3ccc(O)cc32)c(C)s1. The molecule has 0 spiro atoms. The summed E-state index contributed by atoms with van der Waals surface area (Å²) >= 11 is 1.87. The van der Waals surface area contributed by atoms with Gasteiger partial charge in [0.15, 0.2) is 0 Å². The zero-order valence-electron chi connectivity index (χ0n) is 12.9. The van der Waals surface area contributed by atoms with Gasteiger partial charge in [0.2, 0.25) is 0 Å². The molecule has 2 unspecified atom stereocenters. The maximum atomic E-state index is 9.78. The lowest BCUT2D eigenvalue weighted by molar-refractivity contribution is 0.410. The molecule has 2 nitrogen and oxygen atoms in total. The predicted molar refractivity (Wildman–Crippen MR) is 89.1 cm³/mol. The number of aryl methyl sites for hydroxylation is 3. The summed E-state index contributed by atoms with van der Waals surface area (Å²) < 4.78 is 0. The second kappa shape index (κ2) is 5.82. The van der Waals surface area contributed by atoms with Crippen molar-refractivity contribution in [2.45, 2.75) is 52.1 Å². The summed E-state index contributed by atoms with van der Waals surface area (Å²) in [4.78, 5) is 2.78. The van der Waals surface area contributed by atoms with E-state index in [9.17, 15) is 5.11 Å². The van der Waals surface area contributed by atoms with Gasteiger partial charge in [-0.2, -0.15) is 0 Å². The summed E-state index contributed by atoms with van der Waals surface area (Å²) in [5, 5.41) is 13.5. The molecule has 0 saturated heterocycles. The van der Waals surface area contributed by atoms with Crippen LogP contribution in [0.25, 0.3) is 0 Å². The smallest absolute Gasteiger partial charge is 0.115 e. The average molecular weight is 301 g/mol. The van der Waals surface area contributed by atoms with Gasteiger partial charge < -0.3 is 10.4 Å². The van der Waals surface area contributed by atoms with E-state index in [0.717, 1.165) is 12.8 Å². The van der Waals surface area contributed by atoms with E-state index in [0.29, 0.717) is 17.8 Å². The van der Waals surface area contributed by atoms with Crippen molar-refractivity contribution in [3.8, 4) is 5.75 Å². The first-order valence-electron chi connectivity index (χ1n) is 7.69. The number of aromatic hydroxyl groups is 1. The van der Waals surface area contributed by atoms with Crippen LogP contribution in [0.5, 0.6) is 5.75 Å². The Kier molecular flexibility index (Phi) is 4.05. The molecule has 112 valence electrons. The Hall–Kier alpha value is -1.32. The second-order valence-electron chi connectivity index (χ2n) is 6.08. The van der Waals surface area contributed by atoms with E-state index in [1.807, 2.05) is 17.4 Å². The molecular weight excluding hydrogens is 278 g/mol. The van der Waals surface area contributed by atoms with Crippen molar-refractivity contribution in [1.82, 2.24) is 5.32 Å². The number of thiophene rings is 1. The lowest BCUT2D eigenvalue weighted by atomic mass is 9.87. The van der Waals surface area contributed by atoms with Gasteiger partial charge in [0.25, 0.3) is 0 Å². The van der Waals surface area contributed by atoms with Crippen molar-refractivity contribution in [3.05, 3.63) is 50.7 Å². The van der Waals surface area contributed by atoms with E-state index < -0.39 is 0 Å². The highest BCUT2D eigenvalue weighted by molar-refractivity contribution is 7.12. The molecule has 0 bridgehead atoms. The molecule has 1 aliphatic rings. The van der Waals surface area contributed by atoms with E-state index >= 15 is 0 Å². The van der Waals surface area contributed by atoms with Gasteiger partial charge in [-0.15, -0.1) is 11.3 Å². The van der Waals surface area contributed by atoms with Crippen molar-refractivity contribution < 1.29 is 5.11 Å². The Labute approximate surface area is 130 Å². The monoisotopic (exact) mass is 301 g/mol. The van der Waals surface area contributed by atoms with Crippen LogP contribution < -0.4 is 5.32 Å². The zero-order valence-corrected chi connectivity index (χ0v) is 13.8. The molecule has 0 saturated carbocycles. The topological polar surface area (TPSA) is 32.3 Å². The van der Waals surface area contributed by atoms with Crippen molar-refractivity contribution in [2.24, 2.45) is 0 Å². The summed E-state index contributed by atoms with van der Waals surface area (Å²) in [6.45, 7) is 6.61. The number of hydrogen-bond acceptors (Lipinski definition) is 3. The molecule has 0 aliphatic heterocycles. The number of fused-ring (bicyclic) bond motifs is 1. The van der Waals surface area contributed by atoms with Gasteiger partial charge in [-0.05, 0) is 74.9 Å². The molecule has 3 heteroatoms. The van der Waals surface area contributed by atoms with Crippen molar-refractivity contribution in [3.63, 3.8) is 0 Å². The van der Waals surface area contributed by atoms with Crippen LogP contribution in [0.2, 0.25) is 0 Å². The van der Waals surface area contributed by atoms with Gasteiger partial charge in [-0.3, -0.25) is 0 Å². The summed E-state index contributed by atoms with van der Waals surface area (Å²) in [5.41, 5.74) is 4.06. The average Bonchev–Trinajstić information content (AvgIpc) is 2.78. The van der Waals surface area contributed by atoms with Crippen LogP contribution in [0.3, 0.4) is 0 Å². The predicted octanol–water partition coefficient (Wildman–Crippen LogP) is 4.80. The molecule has 0 amide bonds. The van der Waals surface area contributed by atoms with Crippen LogP contribution in [-0.4, -0.2) is 5.11 Å². The number of benzene rings is 1. The Morgan fingerprint density at radius 3 is 2.81 bits per heavy atom. The highest BCUT2D eigenvalue weighted by Gasteiger charge is 2.23. The van der Waals surface area contributed by atoms with Crippen LogP contribution in [0.1, 0.15) is 58.3 Å². The van der Waals surface area contributed by atoms with Gasteiger partial charge in [0.1, 0.15) is 5.75 Å². The minimum atomic E-state index is 0.341. The number of hydrogen-bond donors (Lipinski definition) is 2. The first-order valence-corrected chi connectivity index (χ1v) is 8.51. The molecule has 3 rings (SSSR count). The summed E-state index contributed by atoms with van der Waals surface area (Å²) in [7, 11) is 0. The third-order valence-corrected chi connectivity index (χ3v) is 5.42. The van der Waals surface area contributed by atoms with Gasteiger partial charge in [-0.25, -0.2) is 0 Å². The second-order valence-corrected chi connectivity index (χ2v) is 7.55. The van der Waals surface area contributed by atoms with Gasteiger partial charge in [-0.1, -0.05) is 6.07 Å². The standard InChI is InChI=1S/C18H23NOS/c1-11-9-16(13(3)21-11)12(2)19-18-6-4-5-14-7-8-15(20)10-17(14)18/h7-10,12,18-20H,4-6H2,1-3H3. The van der Waals surface area contributed by atoms with E-state index in [-0.39, 0.29) is 0 Å². The van der Waals surface area contributed by atoms with Crippen molar-refractivity contribution in [1.29, 1.82) is 0 Å². The highest BCUT2D eigenvalue weighted by Crippen LogP contribution is 2.35. The maximum absolute atomic E-state index is 9.78. The lowest BCUT2D eigenvalue weighted by Crippen LogP contribution is -2.27. The molecule has 1 heterocycles. The fourth-order valence-corrected chi connectivity index (χ4v) is 4.45. The van der Waals surface area contributed by atoms with Gasteiger partial charge in [0.05, 0.1) is 0 Å². The molecule has 21 heavy (non-hydrogen) atoms. The molecule has 2 aromatic rings. The van der Waals surface area contributed by atoms with E-state index in [2.05, 4.69) is 38.2 Å². The van der Waals surface area contributed by atoms with Crippen LogP contribution in [0.15, 0.2) is 24.3 Å². The van der Waals surface area contributed by atoms with E-state index in [4.69, 9.17) is 0 Å². The number of phenolic OH excluding ortho intramolecular Hbond substituents is 1. The molecule has 0 radical (unpaired) electrons. The fraction of sp³-hybridized carbons (Fsp3) is 0.444. The Morgan fingerprint density at radius 2 is 2.10 bits per heavy atom. The Bertz CT molecular complexity index is 647. The van der Waals surface area contributed by atoms with Crippen LogP contribution in [0, 0.1) is 13.8 Å². The third-order valence-electron chi connectivity index (χ3n) is 4.44. The Morgan fingerprint density at radius 1 is 1.29 bits per heavy atom. The molecule has 0 fully saturated rings. The van der Waals surface area contributed by atoms with Crippen LogP contribution in [0.4, 0.5) is 0 Å². The molecule has 2 atom stereocenters. The normalized spacial score (nSPS) is 19.3. The molecule has 2 N–H and O–H groups in total. The molecule has 1 aromatic heterocycles. The van der Waals surface area contributed by atoms with E-state index in [1.54, 1.807) is 6.07 Å². The van der Waals surface area contributed by atoms with E-state index in [1.165, 1.54) is 32.9 Å². The summed E-state index contributed by atoms with van der Waals surface area (Å²) in [6, 6.07) is 8.79. The Balaban J connectivity index is 1.83. The molecule has 1 aliphatic carbocycles. The number of nitrogens with one attached hydrogen (secondary N) is 1. The van der Waals surface area contributed by atoms with Crippen molar-refractivity contribution >= 4 is 11.3 Å². The van der Waals surface area contributed by atoms with Gasteiger partial charge in [0, 0.05) is 21.8 Å². The first kappa shape index (κ1) is 14.6. The third kappa shape index (κ3) is 2.99. The minimum absolute atomic E-state index is 0.341. The summed E-state index contributed by atoms with van der Waals surface area (Å²) in [5.74, 6) is 0.373. The largest absolute Gasteiger partial charge is 0.508 e. The lowest BCUT2D eigenvalue weighted by Gasteiger charge is -2.29.